The third-order valence-electron chi connectivity index (χ3n) is 4.34. The molecule has 0 aromatic carbocycles. The van der Waals surface area contributed by atoms with Gasteiger partial charge in [-0.15, -0.1) is 11.3 Å². The number of hydrogen-bond donors (Lipinski definition) is 1. The number of carboxylic acid groups (broad SMARTS) is 1. The van der Waals surface area contributed by atoms with Crippen molar-refractivity contribution in [2.24, 2.45) is 5.92 Å². The Labute approximate surface area is 129 Å². The summed E-state index contributed by atoms with van der Waals surface area (Å²) in [6.45, 7) is 0. The fourth-order valence-electron chi connectivity index (χ4n) is 3.61. The van der Waals surface area contributed by atoms with Crippen LogP contribution in [-0.4, -0.2) is 34.0 Å². The van der Waals surface area contributed by atoms with Gasteiger partial charge in [0, 0.05) is 23.9 Å². The molecule has 0 radical (unpaired) electrons. The molecular weight excluding hydrogens is 342 g/mol. The number of thiophene rings is 1. The lowest BCUT2D eigenvalue weighted by molar-refractivity contribution is -0.138. The predicted octanol–water partition coefficient (Wildman–Crippen LogP) is 3.37. The fraction of sp³-hybridized carbons (Fsp3) is 0.571. The van der Waals surface area contributed by atoms with Gasteiger partial charge in [0.25, 0.3) is 5.91 Å². The Morgan fingerprint density at radius 3 is 2.50 bits per heavy atom. The van der Waals surface area contributed by atoms with Gasteiger partial charge in [-0.3, -0.25) is 9.59 Å². The average molecular weight is 358 g/mol. The average Bonchev–Trinajstić information content (AvgIpc) is 2.91. The molecule has 108 valence electrons. The number of amides is 1. The number of rotatable bonds is 3. The molecule has 2 saturated heterocycles. The lowest BCUT2D eigenvalue weighted by Gasteiger charge is -2.38. The van der Waals surface area contributed by atoms with Crippen molar-refractivity contribution in [1.82, 2.24) is 4.90 Å². The van der Waals surface area contributed by atoms with Crippen LogP contribution in [-0.2, 0) is 4.79 Å². The van der Waals surface area contributed by atoms with E-state index in [-0.39, 0.29) is 30.3 Å². The maximum Gasteiger partial charge on any atom is 0.303 e. The second-order valence-electron chi connectivity index (χ2n) is 5.67. The van der Waals surface area contributed by atoms with Crippen molar-refractivity contribution in [3.63, 3.8) is 0 Å². The largest absolute Gasteiger partial charge is 0.481 e. The number of fused-ring (bicyclic) bond motifs is 2. The van der Waals surface area contributed by atoms with Gasteiger partial charge >= 0.3 is 5.97 Å². The molecule has 2 unspecified atom stereocenters. The molecule has 2 fully saturated rings. The minimum atomic E-state index is -0.726. The van der Waals surface area contributed by atoms with E-state index in [4.69, 9.17) is 5.11 Å². The van der Waals surface area contributed by atoms with E-state index >= 15 is 0 Å². The van der Waals surface area contributed by atoms with Gasteiger partial charge < -0.3 is 10.0 Å². The zero-order chi connectivity index (χ0) is 14.3. The minimum Gasteiger partial charge on any atom is -0.481 e. The minimum absolute atomic E-state index is 0.105. The van der Waals surface area contributed by atoms with Gasteiger partial charge in [-0.25, -0.2) is 0 Å². The molecule has 0 spiro atoms. The van der Waals surface area contributed by atoms with Crippen molar-refractivity contribution in [1.29, 1.82) is 0 Å². The zero-order valence-corrected chi connectivity index (χ0v) is 13.3. The number of carbonyl (C=O) groups is 2. The lowest BCUT2D eigenvalue weighted by Crippen LogP contribution is -2.46. The molecule has 0 aliphatic carbocycles. The third kappa shape index (κ3) is 2.63. The highest BCUT2D eigenvalue weighted by Gasteiger charge is 2.43. The van der Waals surface area contributed by atoms with Crippen LogP contribution in [0, 0.1) is 5.92 Å². The molecule has 6 heteroatoms. The number of aliphatic carboxylic acids is 1. The quantitative estimate of drug-likeness (QED) is 0.901. The van der Waals surface area contributed by atoms with E-state index in [9.17, 15) is 9.59 Å². The van der Waals surface area contributed by atoms with Crippen LogP contribution in [0.1, 0.15) is 42.5 Å². The number of carbonyl (C=O) groups excluding carboxylic acids is 1. The summed E-state index contributed by atoms with van der Waals surface area (Å²) >= 11 is 4.91. The lowest BCUT2D eigenvalue weighted by atomic mass is 9.88. The molecule has 2 aliphatic rings. The molecule has 1 N–H and O–H groups in total. The van der Waals surface area contributed by atoms with E-state index in [0.717, 1.165) is 35.0 Å². The molecule has 3 heterocycles. The fourth-order valence-corrected chi connectivity index (χ4v) is 4.74. The van der Waals surface area contributed by atoms with E-state index < -0.39 is 5.97 Å². The molecule has 1 aromatic heterocycles. The Hall–Kier alpha value is -0.880. The van der Waals surface area contributed by atoms with Crippen LogP contribution in [0.15, 0.2) is 15.2 Å². The van der Waals surface area contributed by atoms with Crippen LogP contribution in [0.2, 0.25) is 0 Å². The number of piperidine rings is 1. The normalized spacial score (nSPS) is 28.6. The summed E-state index contributed by atoms with van der Waals surface area (Å²) in [5, 5.41) is 10.8. The summed E-state index contributed by atoms with van der Waals surface area (Å²) in [5.74, 6) is -0.396. The molecule has 4 nitrogen and oxygen atoms in total. The summed E-state index contributed by atoms with van der Waals surface area (Å²) in [6.07, 6.45) is 3.92. The number of carboxylic acids is 1. The first-order valence-corrected chi connectivity index (χ1v) is 8.50. The van der Waals surface area contributed by atoms with Crippen molar-refractivity contribution in [2.45, 2.75) is 44.2 Å². The van der Waals surface area contributed by atoms with Gasteiger partial charge in [-0.05, 0) is 53.6 Å². The van der Waals surface area contributed by atoms with Crippen LogP contribution in [0.3, 0.4) is 0 Å². The molecule has 0 saturated carbocycles. The van der Waals surface area contributed by atoms with E-state index in [0.29, 0.717) is 0 Å². The van der Waals surface area contributed by atoms with E-state index in [2.05, 4.69) is 15.9 Å². The summed E-state index contributed by atoms with van der Waals surface area (Å²) in [7, 11) is 0. The smallest absolute Gasteiger partial charge is 0.303 e. The molecule has 1 aromatic rings. The van der Waals surface area contributed by atoms with Gasteiger partial charge in [0.2, 0.25) is 0 Å². The van der Waals surface area contributed by atoms with Crippen molar-refractivity contribution < 1.29 is 14.7 Å². The van der Waals surface area contributed by atoms with Crippen molar-refractivity contribution >= 4 is 39.1 Å². The maximum absolute atomic E-state index is 12.6. The Morgan fingerprint density at radius 1 is 1.35 bits per heavy atom. The van der Waals surface area contributed by atoms with E-state index in [1.807, 2.05) is 16.3 Å². The molecule has 20 heavy (non-hydrogen) atoms. The third-order valence-corrected chi connectivity index (χ3v) is 5.85. The SMILES string of the molecule is O=C(O)CC1CC2CCC(C1)N2C(=O)c1csc(Br)c1. The zero-order valence-electron chi connectivity index (χ0n) is 10.9. The predicted molar refractivity (Wildman–Crippen MR) is 80.0 cm³/mol. The van der Waals surface area contributed by atoms with Crippen LogP contribution in [0.5, 0.6) is 0 Å². The molecule has 2 bridgehead atoms. The van der Waals surface area contributed by atoms with Crippen LogP contribution in [0.25, 0.3) is 0 Å². The Balaban J connectivity index is 1.74. The monoisotopic (exact) mass is 357 g/mol. The number of hydrogen-bond acceptors (Lipinski definition) is 3. The van der Waals surface area contributed by atoms with Crippen LogP contribution < -0.4 is 0 Å². The molecule has 3 rings (SSSR count). The first-order chi connectivity index (χ1) is 9.54. The standard InChI is InChI=1S/C14H16BrNO3S/c15-12-6-9(7-20-12)14(19)16-10-1-2-11(16)4-8(3-10)5-13(17)18/h6-8,10-11H,1-5H2,(H,17,18). The summed E-state index contributed by atoms with van der Waals surface area (Å²) in [5.41, 5.74) is 0.746. The molecule has 1 amide bonds. The van der Waals surface area contributed by atoms with Crippen LogP contribution in [0.4, 0.5) is 0 Å². The maximum atomic E-state index is 12.6. The highest BCUT2D eigenvalue weighted by molar-refractivity contribution is 9.11. The van der Waals surface area contributed by atoms with Gasteiger partial charge in [0.05, 0.1) is 9.35 Å². The number of halogens is 1. The first-order valence-electron chi connectivity index (χ1n) is 6.83. The summed E-state index contributed by atoms with van der Waals surface area (Å²) in [6, 6.07) is 2.32. The van der Waals surface area contributed by atoms with E-state index in [1.54, 1.807) is 0 Å². The van der Waals surface area contributed by atoms with Gasteiger partial charge in [0.15, 0.2) is 0 Å². The molecule has 2 atom stereocenters. The Kier molecular flexibility index (Phi) is 3.86. The highest BCUT2D eigenvalue weighted by Crippen LogP contribution is 2.41. The topological polar surface area (TPSA) is 57.6 Å². The first kappa shape index (κ1) is 14.1. The Bertz CT molecular complexity index is 530. The van der Waals surface area contributed by atoms with Gasteiger partial charge in [-0.1, -0.05) is 0 Å². The van der Waals surface area contributed by atoms with Gasteiger partial charge in [-0.2, -0.15) is 0 Å². The Morgan fingerprint density at radius 2 is 2.00 bits per heavy atom. The van der Waals surface area contributed by atoms with E-state index in [1.165, 1.54) is 11.3 Å². The molecular formula is C14H16BrNO3S. The summed E-state index contributed by atoms with van der Waals surface area (Å²) in [4.78, 5) is 25.5. The second-order valence-corrected chi connectivity index (χ2v) is 7.96. The number of nitrogens with zero attached hydrogens (tertiary/aromatic N) is 1. The highest BCUT2D eigenvalue weighted by atomic mass is 79.9. The van der Waals surface area contributed by atoms with Crippen molar-refractivity contribution in [2.75, 3.05) is 0 Å². The van der Waals surface area contributed by atoms with Crippen molar-refractivity contribution in [3.8, 4) is 0 Å². The van der Waals surface area contributed by atoms with Crippen molar-refractivity contribution in [3.05, 3.63) is 20.8 Å². The van der Waals surface area contributed by atoms with Crippen LogP contribution >= 0.6 is 27.3 Å². The molecule has 2 aliphatic heterocycles. The van der Waals surface area contributed by atoms with Gasteiger partial charge in [0.1, 0.15) is 0 Å². The summed E-state index contributed by atoms with van der Waals surface area (Å²) < 4.78 is 0.967. The second kappa shape index (κ2) is 5.48.